The molecule has 0 heterocycles. The lowest BCUT2D eigenvalue weighted by molar-refractivity contribution is 0.101. The Morgan fingerprint density at radius 2 is 1.58 bits per heavy atom. The van der Waals surface area contributed by atoms with Crippen molar-refractivity contribution in [3.05, 3.63) is 39.5 Å². The van der Waals surface area contributed by atoms with Crippen LogP contribution < -0.4 is 17.2 Å². The predicted octanol–water partition coefficient (Wildman–Crippen LogP) is 2.91. The van der Waals surface area contributed by atoms with Gasteiger partial charge in [0.15, 0.2) is 5.78 Å². The maximum atomic E-state index is 11.4. The molecule has 0 aliphatic heterocycles. The van der Waals surface area contributed by atoms with Gasteiger partial charge >= 0.3 is 0 Å². The molecule has 2 aromatic rings. The van der Waals surface area contributed by atoms with Crippen LogP contribution in [0, 0.1) is 3.57 Å². The zero-order chi connectivity index (χ0) is 14.2. The molecule has 0 spiro atoms. The number of carbonyl (C=O) groups is 1. The van der Waals surface area contributed by atoms with Gasteiger partial charge in [-0.3, -0.25) is 4.79 Å². The highest BCUT2D eigenvalue weighted by Gasteiger charge is 2.12. The first-order valence-electron chi connectivity index (χ1n) is 5.65. The van der Waals surface area contributed by atoms with E-state index in [1.54, 1.807) is 12.1 Å². The van der Waals surface area contributed by atoms with Crippen molar-refractivity contribution in [2.45, 2.75) is 6.92 Å². The minimum absolute atomic E-state index is 0.0629. The largest absolute Gasteiger partial charge is 0.398 e. The van der Waals surface area contributed by atoms with E-state index in [0.717, 1.165) is 9.13 Å². The maximum absolute atomic E-state index is 11.4. The highest BCUT2D eigenvalue weighted by Crippen LogP contribution is 2.35. The van der Waals surface area contributed by atoms with Gasteiger partial charge in [0.1, 0.15) is 0 Å². The van der Waals surface area contributed by atoms with Gasteiger partial charge in [-0.25, -0.2) is 0 Å². The van der Waals surface area contributed by atoms with E-state index in [0.29, 0.717) is 28.2 Å². The fraction of sp³-hybridized carbons (Fsp3) is 0.0714. The number of benzene rings is 2. The van der Waals surface area contributed by atoms with Crippen molar-refractivity contribution >= 4 is 45.4 Å². The van der Waals surface area contributed by atoms with Gasteiger partial charge in [-0.1, -0.05) is 6.07 Å². The quantitative estimate of drug-likeness (QED) is 0.432. The smallest absolute Gasteiger partial charge is 0.159 e. The van der Waals surface area contributed by atoms with Crippen molar-refractivity contribution in [1.82, 2.24) is 0 Å². The molecule has 0 unspecified atom stereocenters. The molecule has 0 amide bonds. The van der Waals surface area contributed by atoms with Crippen LogP contribution in [0.15, 0.2) is 30.3 Å². The highest BCUT2D eigenvalue weighted by atomic mass is 127. The van der Waals surface area contributed by atoms with Crippen LogP contribution >= 0.6 is 22.6 Å². The Hall–Kier alpha value is -1.76. The van der Waals surface area contributed by atoms with E-state index in [2.05, 4.69) is 22.6 Å². The molecule has 0 aliphatic rings. The highest BCUT2D eigenvalue weighted by molar-refractivity contribution is 14.1. The van der Waals surface area contributed by atoms with Crippen LogP contribution in [0.25, 0.3) is 11.1 Å². The molecule has 2 aromatic carbocycles. The predicted molar refractivity (Wildman–Crippen MR) is 87.8 cm³/mol. The Kier molecular flexibility index (Phi) is 3.66. The summed E-state index contributed by atoms with van der Waals surface area (Å²) in [6, 6.07) is 8.93. The molecular formula is C14H14IN3O. The summed E-state index contributed by atoms with van der Waals surface area (Å²) in [6.45, 7) is 1.48. The minimum atomic E-state index is -0.0629. The average Bonchev–Trinajstić information content (AvgIpc) is 2.32. The van der Waals surface area contributed by atoms with Gasteiger partial charge in [0.05, 0.1) is 0 Å². The molecule has 0 fully saturated rings. The summed E-state index contributed by atoms with van der Waals surface area (Å²) in [4.78, 5) is 11.4. The first-order chi connectivity index (χ1) is 8.90. The molecule has 5 heteroatoms. The summed E-state index contributed by atoms with van der Waals surface area (Å²) >= 11 is 2.16. The van der Waals surface area contributed by atoms with Crippen molar-refractivity contribution < 1.29 is 4.79 Å². The summed E-state index contributed by atoms with van der Waals surface area (Å²) in [5.41, 5.74) is 21.6. The Bertz CT molecular complexity index is 645. The van der Waals surface area contributed by atoms with Crippen LogP contribution in [-0.4, -0.2) is 5.78 Å². The molecule has 0 saturated carbocycles. The van der Waals surface area contributed by atoms with Crippen LogP contribution in [0.1, 0.15) is 17.3 Å². The molecule has 0 radical (unpaired) electrons. The third-order valence-electron chi connectivity index (χ3n) is 2.89. The average molecular weight is 367 g/mol. The second-order valence-corrected chi connectivity index (χ2v) is 5.48. The van der Waals surface area contributed by atoms with Crippen molar-refractivity contribution in [3.63, 3.8) is 0 Å². The number of nitrogens with two attached hydrogens (primary N) is 3. The minimum Gasteiger partial charge on any atom is -0.398 e. The summed E-state index contributed by atoms with van der Waals surface area (Å²) < 4.78 is 0.971. The molecule has 0 bridgehead atoms. The Morgan fingerprint density at radius 1 is 1.00 bits per heavy atom. The van der Waals surface area contributed by atoms with E-state index in [-0.39, 0.29) is 5.78 Å². The molecule has 19 heavy (non-hydrogen) atoms. The first kappa shape index (κ1) is 13.7. The maximum Gasteiger partial charge on any atom is 0.159 e. The van der Waals surface area contributed by atoms with E-state index in [4.69, 9.17) is 17.2 Å². The zero-order valence-corrected chi connectivity index (χ0v) is 12.6. The van der Waals surface area contributed by atoms with Crippen molar-refractivity contribution in [2.24, 2.45) is 0 Å². The normalized spacial score (nSPS) is 10.4. The summed E-state index contributed by atoms with van der Waals surface area (Å²) in [7, 11) is 0. The van der Waals surface area contributed by atoms with E-state index >= 15 is 0 Å². The second-order valence-electron chi connectivity index (χ2n) is 4.32. The van der Waals surface area contributed by atoms with Crippen molar-refractivity contribution in [2.75, 3.05) is 17.2 Å². The molecule has 0 saturated heterocycles. The molecule has 0 aromatic heterocycles. The number of halogens is 1. The van der Waals surface area contributed by atoms with E-state index in [1.165, 1.54) is 6.92 Å². The lowest BCUT2D eigenvalue weighted by atomic mass is 9.98. The standard InChI is InChI=1S/C14H14IN3O/c1-7(19)9-5-12(17)14(13(18)6-9)8-2-3-10(15)11(16)4-8/h2-6H,16-18H2,1H3. The van der Waals surface area contributed by atoms with Crippen LogP contribution in [-0.2, 0) is 0 Å². The van der Waals surface area contributed by atoms with Gasteiger partial charge in [0.2, 0.25) is 0 Å². The number of rotatable bonds is 2. The lowest BCUT2D eigenvalue weighted by Gasteiger charge is -2.12. The van der Waals surface area contributed by atoms with Gasteiger partial charge in [-0.2, -0.15) is 0 Å². The molecular weight excluding hydrogens is 353 g/mol. The summed E-state index contributed by atoms with van der Waals surface area (Å²) in [6.07, 6.45) is 0. The van der Waals surface area contributed by atoms with Gasteiger partial charge in [-0.15, -0.1) is 0 Å². The first-order valence-corrected chi connectivity index (χ1v) is 6.73. The van der Waals surface area contributed by atoms with Crippen LogP contribution in [0.4, 0.5) is 17.1 Å². The van der Waals surface area contributed by atoms with Crippen LogP contribution in [0.3, 0.4) is 0 Å². The van der Waals surface area contributed by atoms with Crippen molar-refractivity contribution in [3.8, 4) is 11.1 Å². The summed E-state index contributed by atoms with van der Waals surface area (Å²) in [5.74, 6) is -0.0629. The lowest BCUT2D eigenvalue weighted by Crippen LogP contribution is -2.02. The Morgan fingerprint density at radius 3 is 2.05 bits per heavy atom. The van der Waals surface area contributed by atoms with Crippen LogP contribution in [0.5, 0.6) is 0 Å². The fourth-order valence-corrected chi connectivity index (χ4v) is 2.26. The number of nitrogen functional groups attached to an aromatic ring is 3. The number of hydrogen-bond donors (Lipinski definition) is 3. The molecule has 2 rings (SSSR count). The van der Waals surface area contributed by atoms with Crippen LogP contribution in [0.2, 0.25) is 0 Å². The van der Waals surface area contributed by atoms with Gasteiger partial charge < -0.3 is 17.2 Å². The molecule has 4 nitrogen and oxygen atoms in total. The topological polar surface area (TPSA) is 95.1 Å². The second kappa shape index (κ2) is 5.08. The number of hydrogen-bond acceptors (Lipinski definition) is 4. The molecule has 98 valence electrons. The third kappa shape index (κ3) is 2.65. The Labute approximate surface area is 125 Å². The van der Waals surface area contributed by atoms with Gasteiger partial charge in [0.25, 0.3) is 0 Å². The van der Waals surface area contributed by atoms with E-state index in [9.17, 15) is 4.79 Å². The zero-order valence-electron chi connectivity index (χ0n) is 10.4. The SMILES string of the molecule is CC(=O)c1cc(N)c(-c2ccc(I)c(N)c2)c(N)c1. The molecule has 6 N–H and O–H groups in total. The number of carbonyl (C=O) groups excluding carboxylic acids is 1. The monoisotopic (exact) mass is 367 g/mol. The Balaban J connectivity index is 2.62. The van der Waals surface area contributed by atoms with Gasteiger partial charge in [0, 0.05) is 31.8 Å². The number of anilines is 3. The summed E-state index contributed by atoms with van der Waals surface area (Å²) in [5, 5.41) is 0. The fourth-order valence-electron chi connectivity index (χ4n) is 1.92. The van der Waals surface area contributed by atoms with Crippen molar-refractivity contribution in [1.29, 1.82) is 0 Å². The van der Waals surface area contributed by atoms with E-state index < -0.39 is 0 Å². The third-order valence-corrected chi connectivity index (χ3v) is 3.87. The number of ketones is 1. The van der Waals surface area contributed by atoms with E-state index in [1.807, 2.05) is 18.2 Å². The van der Waals surface area contributed by atoms with Gasteiger partial charge in [-0.05, 0) is 59.3 Å². The molecule has 0 aliphatic carbocycles. The molecule has 0 atom stereocenters. The number of Topliss-reactive ketones (excluding diaryl/α,β-unsaturated/α-hetero) is 1.